The van der Waals surface area contributed by atoms with E-state index in [9.17, 15) is 43.2 Å². The highest BCUT2D eigenvalue weighted by atomic mass is 31.2. The molecule has 3 N–H and O–H groups in total. The third-order valence-corrected chi connectivity index (χ3v) is 22.2. The van der Waals surface area contributed by atoms with Crippen LogP contribution in [0.15, 0.2) is 0 Å². The summed E-state index contributed by atoms with van der Waals surface area (Å²) in [6.45, 7) is 9.63. The number of esters is 4. The van der Waals surface area contributed by atoms with Crippen LogP contribution in [0.2, 0.25) is 0 Å². The van der Waals surface area contributed by atoms with Gasteiger partial charge in [-0.3, -0.25) is 37.3 Å². The van der Waals surface area contributed by atoms with Crippen LogP contribution in [0.25, 0.3) is 0 Å². The minimum Gasteiger partial charge on any atom is -0.462 e. The van der Waals surface area contributed by atoms with Crippen LogP contribution in [0.3, 0.4) is 0 Å². The van der Waals surface area contributed by atoms with E-state index in [0.717, 1.165) is 102 Å². The molecule has 104 heavy (non-hydrogen) atoms. The number of aliphatic hydroxyl groups is 1. The minimum absolute atomic E-state index is 0.107. The lowest BCUT2D eigenvalue weighted by Crippen LogP contribution is -2.30. The van der Waals surface area contributed by atoms with Gasteiger partial charge in [0.1, 0.15) is 19.3 Å². The summed E-state index contributed by atoms with van der Waals surface area (Å²) in [5.41, 5.74) is 0. The van der Waals surface area contributed by atoms with Crippen LogP contribution in [0, 0.1) is 11.8 Å². The van der Waals surface area contributed by atoms with E-state index in [1.54, 1.807) is 0 Å². The second-order valence-corrected chi connectivity index (χ2v) is 34.2. The number of aliphatic hydroxyl groups excluding tert-OH is 1. The highest BCUT2D eigenvalue weighted by molar-refractivity contribution is 7.47. The molecular weight excluding hydrogens is 1350 g/mol. The molecule has 0 amide bonds. The predicted molar refractivity (Wildman–Crippen MR) is 428 cm³/mol. The normalized spacial score (nSPS) is 14.1. The van der Waals surface area contributed by atoms with Crippen LogP contribution in [-0.4, -0.2) is 96.7 Å². The van der Waals surface area contributed by atoms with E-state index >= 15 is 0 Å². The van der Waals surface area contributed by atoms with E-state index in [1.165, 1.54) is 263 Å². The van der Waals surface area contributed by atoms with E-state index in [0.29, 0.717) is 31.6 Å². The van der Waals surface area contributed by atoms with Crippen molar-refractivity contribution in [2.45, 2.75) is 471 Å². The first-order chi connectivity index (χ1) is 50.4. The molecule has 19 heteroatoms. The van der Waals surface area contributed by atoms with Crippen molar-refractivity contribution in [1.82, 2.24) is 0 Å². The van der Waals surface area contributed by atoms with E-state index in [4.69, 9.17) is 37.0 Å². The molecule has 0 aliphatic heterocycles. The Balaban J connectivity index is 5.18. The van der Waals surface area contributed by atoms with Crippen LogP contribution in [0.1, 0.15) is 452 Å². The molecule has 0 spiro atoms. The maximum atomic E-state index is 13.1. The fourth-order valence-electron chi connectivity index (χ4n) is 13.2. The van der Waals surface area contributed by atoms with Crippen molar-refractivity contribution in [3.05, 3.63) is 0 Å². The Morgan fingerprint density at radius 3 is 0.731 bits per heavy atom. The Morgan fingerprint density at radius 1 is 0.279 bits per heavy atom. The average molecular weight is 1520 g/mol. The molecule has 0 rings (SSSR count). The third kappa shape index (κ3) is 76.8. The molecule has 3 unspecified atom stereocenters. The highest BCUT2D eigenvalue weighted by Crippen LogP contribution is 2.45. The number of unbranched alkanes of at least 4 members (excludes halogenated alkanes) is 53. The summed E-state index contributed by atoms with van der Waals surface area (Å²) in [5.74, 6) is -0.557. The summed E-state index contributed by atoms with van der Waals surface area (Å²) in [7, 11) is -9.92. The van der Waals surface area contributed by atoms with Gasteiger partial charge >= 0.3 is 39.5 Å². The van der Waals surface area contributed by atoms with Gasteiger partial charge in [-0.05, 0) is 37.5 Å². The predicted octanol–water partition coefficient (Wildman–Crippen LogP) is 25.8. The van der Waals surface area contributed by atoms with Crippen LogP contribution in [0.5, 0.6) is 0 Å². The Bertz CT molecular complexity index is 2000. The van der Waals surface area contributed by atoms with E-state index in [1.807, 2.05) is 0 Å². The second kappa shape index (κ2) is 76.4. The van der Waals surface area contributed by atoms with Gasteiger partial charge in [-0.1, -0.05) is 401 Å². The largest absolute Gasteiger partial charge is 0.472 e. The first kappa shape index (κ1) is 102. The van der Waals surface area contributed by atoms with Crippen LogP contribution < -0.4 is 0 Å². The van der Waals surface area contributed by atoms with Gasteiger partial charge in [-0.15, -0.1) is 0 Å². The number of carbonyl (C=O) groups excluding carboxylic acids is 4. The Morgan fingerprint density at radius 2 is 0.490 bits per heavy atom. The summed E-state index contributed by atoms with van der Waals surface area (Å²) < 4.78 is 68.8. The van der Waals surface area contributed by atoms with Crippen molar-refractivity contribution in [3.63, 3.8) is 0 Å². The number of hydrogen-bond acceptors (Lipinski definition) is 15. The summed E-state index contributed by atoms with van der Waals surface area (Å²) in [6, 6.07) is 0. The topological polar surface area (TPSA) is 237 Å². The standard InChI is InChI=1S/C85H166O17P2/c1-7-10-12-14-16-18-20-22-23-24-25-26-27-31-34-37-41-44-48-55-61-67-82(87)95-73-80(101-85(90)70-64-58-50-46-42-38-35-32-29-28-30-33-36-39-43-47-54-60-66-78(6)9-3)75-99-103(91,92)97-71-79(86)72-98-104(93,94)100-76-81(74-96-83(88)68-62-56-52-51-53-59-65-77(4)5)102-84(89)69-63-57-49-45-40-21-19-17-15-13-11-8-2/h77-81,86H,7-76H2,1-6H3,(H,91,92)(H,93,94)/t78?,79-,80-,81-/m1/s1. The molecular formula is C85H166O17P2. The maximum absolute atomic E-state index is 13.1. The van der Waals surface area contributed by atoms with Gasteiger partial charge in [0.25, 0.3) is 0 Å². The average Bonchev–Trinajstić information content (AvgIpc) is 0.915. The molecule has 0 aromatic heterocycles. The molecule has 0 bridgehead atoms. The van der Waals surface area contributed by atoms with Crippen molar-refractivity contribution in [2.24, 2.45) is 11.8 Å². The van der Waals surface area contributed by atoms with Crippen LogP contribution in [-0.2, 0) is 65.4 Å². The van der Waals surface area contributed by atoms with Crippen LogP contribution >= 0.6 is 15.6 Å². The molecule has 0 aromatic rings. The number of ether oxygens (including phenoxy) is 4. The Hall–Kier alpha value is -1.94. The van der Waals surface area contributed by atoms with Gasteiger partial charge in [-0.25, -0.2) is 9.13 Å². The first-order valence-electron chi connectivity index (χ1n) is 44.0. The van der Waals surface area contributed by atoms with Gasteiger partial charge in [0.05, 0.1) is 26.4 Å². The molecule has 0 aliphatic carbocycles. The van der Waals surface area contributed by atoms with E-state index in [2.05, 4.69) is 41.5 Å². The molecule has 618 valence electrons. The Kier molecular flexibility index (Phi) is 75.0. The lowest BCUT2D eigenvalue weighted by molar-refractivity contribution is -0.161. The van der Waals surface area contributed by atoms with Crippen molar-refractivity contribution in [3.8, 4) is 0 Å². The smallest absolute Gasteiger partial charge is 0.462 e. The highest BCUT2D eigenvalue weighted by Gasteiger charge is 2.30. The van der Waals surface area contributed by atoms with Gasteiger partial charge in [0.2, 0.25) is 0 Å². The minimum atomic E-state index is -4.96. The molecule has 0 radical (unpaired) electrons. The molecule has 0 fully saturated rings. The van der Waals surface area contributed by atoms with Crippen LogP contribution in [0.4, 0.5) is 0 Å². The number of carbonyl (C=O) groups is 4. The molecule has 0 saturated heterocycles. The molecule has 0 saturated carbocycles. The number of phosphoric ester groups is 2. The second-order valence-electron chi connectivity index (χ2n) is 31.3. The molecule has 0 aromatic carbocycles. The maximum Gasteiger partial charge on any atom is 0.472 e. The lowest BCUT2D eigenvalue weighted by Gasteiger charge is -2.21. The lowest BCUT2D eigenvalue weighted by atomic mass is 9.99. The van der Waals surface area contributed by atoms with Crippen molar-refractivity contribution in [2.75, 3.05) is 39.6 Å². The van der Waals surface area contributed by atoms with Gasteiger partial charge < -0.3 is 33.8 Å². The SMILES string of the molecule is CCCCCCCCCCCCCCCCCCCCCCCC(=O)OC[C@H](COP(=O)(O)OC[C@@H](O)COP(=O)(O)OC[C@@H](COC(=O)CCCCCCCCC(C)C)OC(=O)CCCCCCCCCCCCCC)OC(=O)CCCCCCCCCCCCCCCCCCCCC(C)CC. The van der Waals surface area contributed by atoms with Crippen molar-refractivity contribution >= 4 is 39.5 Å². The summed E-state index contributed by atoms with van der Waals surface area (Å²) in [4.78, 5) is 73.1. The van der Waals surface area contributed by atoms with E-state index < -0.39 is 97.5 Å². The summed E-state index contributed by atoms with van der Waals surface area (Å²) in [5, 5.41) is 10.6. The quantitative estimate of drug-likeness (QED) is 0.0222. The van der Waals surface area contributed by atoms with Gasteiger partial charge in [-0.2, -0.15) is 0 Å². The monoisotopic (exact) mass is 1520 g/mol. The number of rotatable bonds is 84. The summed E-state index contributed by atoms with van der Waals surface area (Å²) >= 11 is 0. The number of phosphoric acid groups is 2. The zero-order chi connectivity index (χ0) is 76.4. The van der Waals surface area contributed by atoms with Crippen molar-refractivity contribution in [1.29, 1.82) is 0 Å². The zero-order valence-electron chi connectivity index (χ0n) is 68.3. The molecule has 17 nitrogen and oxygen atoms in total. The first-order valence-corrected chi connectivity index (χ1v) is 47.0. The molecule has 0 heterocycles. The molecule has 6 atom stereocenters. The van der Waals surface area contributed by atoms with Gasteiger partial charge in [0, 0.05) is 25.7 Å². The van der Waals surface area contributed by atoms with E-state index in [-0.39, 0.29) is 25.7 Å². The van der Waals surface area contributed by atoms with Gasteiger partial charge in [0.15, 0.2) is 12.2 Å². The fraction of sp³-hybridized carbons (Fsp3) is 0.953. The van der Waals surface area contributed by atoms with Crippen molar-refractivity contribution < 1.29 is 80.2 Å². The zero-order valence-corrected chi connectivity index (χ0v) is 70.1. The third-order valence-electron chi connectivity index (χ3n) is 20.3. The number of hydrogen-bond donors (Lipinski definition) is 3. The fourth-order valence-corrected chi connectivity index (χ4v) is 14.8. The Labute approximate surface area is 638 Å². The summed E-state index contributed by atoms with van der Waals surface area (Å²) in [6.07, 6.45) is 68.3. The molecule has 0 aliphatic rings.